The quantitative estimate of drug-likeness (QED) is 0.452. The van der Waals surface area contributed by atoms with Crippen LogP contribution in [0, 0.1) is 0 Å². The van der Waals surface area contributed by atoms with Crippen LogP contribution in [0.2, 0.25) is 0 Å². The summed E-state index contributed by atoms with van der Waals surface area (Å²) in [6.07, 6.45) is -5.48. The van der Waals surface area contributed by atoms with Crippen LogP contribution >= 0.6 is 0 Å². The van der Waals surface area contributed by atoms with Crippen molar-refractivity contribution >= 4 is 11.9 Å². The van der Waals surface area contributed by atoms with E-state index in [1.165, 1.54) is 0 Å². The molecule has 6 heteroatoms. The fourth-order valence-corrected chi connectivity index (χ4v) is 0.225. The Labute approximate surface area is 60.1 Å². The number of esters is 2. The molecule has 0 saturated heterocycles. The van der Waals surface area contributed by atoms with Gasteiger partial charge in [0.1, 0.15) is 0 Å². The van der Waals surface area contributed by atoms with Gasteiger partial charge in [0.05, 0.1) is 0 Å². The minimum Gasteiger partial charge on any atom is -0.387 e. The summed E-state index contributed by atoms with van der Waals surface area (Å²) in [5.74, 6) is -3.63. The number of hydrogen-bond acceptors (Lipinski definition) is 3. The highest BCUT2D eigenvalue weighted by molar-refractivity contribution is 5.88. The predicted octanol–water partition coefficient (Wildman–Crippen LogP) is 0.679. The second-order valence-corrected chi connectivity index (χ2v) is 1.66. The third kappa shape index (κ3) is 3.59. The molecule has 0 rings (SSSR count). The minimum atomic E-state index is -3.40. The molecule has 0 bridgehead atoms. The molecule has 1 unspecified atom stereocenters. The summed E-state index contributed by atoms with van der Waals surface area (Å²) in [5, 5.41) is 0. The van der Waals surface area contributed by atoms with Gasteiger partial charge in [0.2, 0.25) is 0 Å². The fourth-order valence-electron chi connectivity index (χ4n) is 0.225. The number of carbonyl (C=O) groups excluding carboxylic acids is 2. The zero-order valence-electron chi connectivity index (χ0n) is 5.51. The number of alkyl halides is 3. The van der Waals surface area contributed by atoms with Gasteiger partial charge in [-0.3, -0.25) is 0 Å². The van der Waals surface area contributed by atoms with Gasteiger partial charge in [-0.25, -0.2) is 14.0 Å². The van der Waals surface area contributed by atoms with Crippen LogP contribution in [0.3, 0.4) is 0 Å². The Hall–Kier alpha value is -1.07. The second-order valence-electron chi connectivity index (χ2n) is 1.66. The van der Waals surface area contributed by atoms with Gasteiger partial charge >= 0.3 is 18.4 Å². The van der Waals surface area contributed by atoms with Gasteiger partial charge < -0.3 is 4.74 Å². The lowest BCUT2D eigenvalue weighted by Crippen LogP contribution is -2.24. The summed E-state index contributed by atoms with van der Waals surface area (Å²) in [7, 11) is 0. The van der Waals surface area contributed by atoms with Gasteiger partial charge in [-0.1, -0.05) is 0 Å². The van der Waals surface area contributed by atoms with Gasteiger partial charge in [0.15, 0.2) is 6.17 Å². The maximum absolute atomic E-state index is 11.8. The SMILES string of the molecule is CC(F)C(=O)OC(=O)C(F)F. The average molecular weight is 170 g/mol. The molecule has 0 aromatic carbocycles. The topological polar surface area (TPSA) is 43.4 Å². The molecule has 0 heterocycles. The van der Waals surface area contributed by atoms with E-state index in [1.807, 2.05) is 0 Å². The molecule has 0 fully saturated rings. The molecule has 64 valence electrons. The molecule has 0 amide bonds. The monoisotopic (exact) mass is 170 g/mol. The van der Waals surface area contributed by atoms with E-state index < -0.39 is 24.5 Å². The van der Waals surface area contributed by atoms with Gasteiger partial charge in [-0.15, -0.1) is 0 Å². The van der Waals surface area contributed by atoms with Gasteiger partial charge in [0, 0.05) is 0 Å². The highest BCUT2D eigenvalue weighted by Gasteiger charge is 2.23. The van der Waals surface area contributed by atoms with Crippen molar-refractivity contribution in [3.63, 3.8) is 0 Å². The van der Waals surface area contributed by atoms with E-state index in [0.717, 1.165) is 6.92 Å². The number of halogens is 3. The first kappa shape index (κ1) is 9.93. The van der Waals surface area contributed by atoms with E-state index in [9.17, 15) is 22.8 Å². The molecule has 3 nitrogen and oxygen atoms in total. The second kappa shape index (κ2) is 3.95. The molecule has 0 aromatic rings. The first-order chi connectivity index (χ1) is 4.95. The van der Waals surface area contributed by atoms with Crippen molar-refractivity contribution in [3.05, 3.63) is 0 Å². The first-order valence-corrected chi connectivity index (χ1v) is 2.63. The Morgan fingerprint density at radius 2 is 1.64 bits per heavy atom. The van der Waals surface area contributed by atoms with Gasteiger partial charge in [-0.05, 0) is 6.92 Å². The summed E-state index contributed by atoms with van der Waals surface area (Å²) < 4.78 is 37.8. The normalized spacial score (nSPS) is 12.8. The highest BCUT2D eigenvalue weighted by Crippen LogP contribution is 1.99. The van der Waals surface area contributed by atoms with E-state index in [1.54, 1.807) is 0 Å². The molecular formula is C5H5F3O3. The first-order valence-electron chi connectivity index (χ1n) is 2.63. The summed E-state index contributed by atoms with van der Waals surface area (Å²) in [4.78, 5) is 20.0. The van der Waals surface area contributed by atoms with E-state index in [-0.39, 0.29) is 0 Å². The number of hydrogen-bond donors (Lipinski definition) is 0. The summed E-state index contributed by atoms with van der Waals surface area (Å²) >= 11 is 0. The zero-order chi connectivity index (χ0) is 9.02. The maximum Gasteiger partial charge on any atom is 0.381 e. The van der Waals surface area contributed by atoms with Crippen molar-refractivity contribution in [1.82, 2.24) is 0 Å². The van der Waals surface area contributed by atoms with E-state index in [4.69, 9.17) is 0 Å². The molecular weight excluding hydrogens is 165 g/mol. The average Bonchev–Trinajstić information content (AvgIpc) is 1.87. The Bertz CT molecular complexity index is 148. The van der Waals surface area contributed by atoms with Crippen molar-refractivity contribution < 1.29 is 27.5 Å². The molecule has 0 radical (unpaired) electrons. The van der Waals surface area contributed by atoms with Crippen molar-refractivity contribution in [2.75, 3.05) is 0 Å². The van der Waals surface area contributed by atoms with Crippen LogP contribution in [0.25, 0.3) is 0 Å². The lowest BCUT2D eigenvalue weighted by molar-refractivity contribution is -0.170. The zero-order valence-corrected chi connectivity index (χ0v) is 5.51. The third-order valence-electron chi connectivity index (χ3n) is 0.704. The number of carbonyl (C=O) groups is 2. The van der Waals surface area contributed by atoms with Crippen LogP contribution < -0.4 is 0 Å². The van der Waals surface area contributed by atoms with Gasteiger partial charge in [0.25, 0.3) is 0 Å². The summed E-state index contributed by atoms with van der Waals surface area (Å²) in [6, 6.07) is 0. The summed E-state index contributed by atoms with van der Waals surface area (Å²) in [5.41, 5.74) is 0. The third-order valence-corrected chi connectivity index (χ3v) is 0.704. The van der Waals surface area contributed by atoms with Crippen LogP contribution in [0.1, 0.15) is 6.92 Å². The minimum absolute atomic E-state index is 0.779. The molecule has 0 aliphatic heterocycles. The number of ether oxygens (including phenoxy) is 1. The lowest BCUT2D eigenvalue weighted by atomic mass is 10.4. The summed E-state index contributed by atoms with van der Waals surface area (Å²) in [6.45, 7) is 0.779. The predicted molar refractivity (Wildman–Crippen MR) is 27.7 cm³/mol. The van der Waals surface area contributed by atoms with Crippen molar-refractivity contribution in [2.45, 2.75) is 19.5 Å². The molecule has 0 spiro atoms. The van der Waals surface area contributed by atoms with Crippen molar-refractivity contribution in [1.29, 1.82) is 0 Å². The molecule has 11 heavy (non-hydrogen) atoms. The highest BCUT2D eigenvalue weighted by atomic mass is 19.3. The largest absolute Gasteiger partial charge is 0.387 e. The maximum atomic E-state index is 11.8. The van der Waals surface area contributed by atoms with Crippen LogP contribution in [-0.2, 0) is 14.3 Å². The Kier molecular flexibility index (Phi) is 3.56. The van der Waals surface area contributed by atoms with E-state index in [2.05, 4.69) is 4.74 Å². The molecule has 0 aromatic heterocycles. The molecule has 0 aliphatic rings. The Morgan fingerprint density at radius 3 is 1.91 bits per heavy atom. The Morgan fingerprint density at radius 1 is 1.18 bits per heavy atom. The van der Waals surface area contributed by atoms with Crippen LogP contribution in [0.4, 0.5) is 13.2 Å². The van der Waals surface area contributed by atoms with Crippen LogP contribution in [0.15, 0.2) is 0 Å². The fraction of sp³-hybridized carbons (Fsp3) is 0.600. The molecule has 0 saturated carbocycles. The van der Waals surface area contributed by atoms with Crippen LogP contribution in [0.5, 0.6) is 0 Å². The van der Waals surface area contributed by atoms with Crippen LogP contribution in [-0.4, -0.2) is 24.5 Å². The molecule has 1 atom stereocenters. The molecule has 0 aliphatic carbocycles. The molecule has 0 N–H and O–H groups in total. The smallest absolute Gasteiger partial charge is 0.381 e. The number of rotatable bonds is 2. The standard InChI is InChI=1S/C5H5F3O3/c1-2(6)4(9)11-5(10)3(7)8/h2-3H,1H3. The van der Waals surface area contributed by atoms with E-state index in [0.29, 0.717) is 0 Å². The lowest BCUT2D eigenvalue weighted by Gasteiger charge is -2.00. The van der Waals surface area contributed by atoms with E-state index >= 15 is 0 Å². The van der Waals surface area contributed by atoms with Crippen molar-refractivity contribution in [3.8, 4) is 0 Å². The van der Waals surface area contributed by atoms with Gasteiger partial charge in [-0.2, -0.15) is 8.78 Å². The van der Waals surface area contributed by atoms with Crippen molar-refractivity contribution in [2.24, 2.45) is 0 Å². The Balaban J connectivity index is 3.86.